The molecule has 0 atom stereocenters. The van der Waals surface area contributed by atoms with Crippen LogP contribution in [0.25, 0.3) is 10.9 Å². The van der Waals surface area contributed by atoms with Crippen molar-refractivity contribution in [2.45, 2.75) is 20.4 Å². The monoisotopic (exact) mass is 321 g/mol. The van der Waals surface area contributed by atoms with Crippen molar-refractivity contribution in [3.05, 3.63) is 65.4 Å². The molecule has 1 heterocycles. The number of anilines is 1. The first kappa shape index (κ1) is 15.8. The highest BCUT2D eigenvalue weighted by Crippen LogP contribution is 2.24. The number of carbonyl (C=O) groups is 2. The van der Waals surface area contributed by atoms with Gasteiger partial charge in [0, 0.05) is 34.9 Å². The smallest absolute Gasteiger partial charge is 0.257 e. The summed E-state index contributed by atoms with van der Waals surface area (Å²) in [5.74, 6) is -0.714. The molecule has 122 valence electrons. The van der Waals surface area contributed by atoms with E-state index in [9.17, 15) is 9.59 Å². The van der Waals surface area contributed by atoms with Gasteiger partial charge in [-0.3, -0.25) is 9.59 Å². The van der Waals surface area contributed by atoms with Crippen LogP contribution in [0.5, 0.6) is 0 Å². The molecule has 5 nitrogen and oxygen atoms in total. The van der Waals surface area contributed by atoms with Gasteiger partial charge >= 0.3 is 0 Å². The molecule has 0 fully saturated rings. The van der Waals surface area contributed by atoms with Gasteiger partial charge in [-0.25, -0.2) is 0 Å². The first-order valence-corrected chi connectivity index (χ1v) is 7.81. The van der Waals surface area contributed by atoms with Crippen molar-refractivity contribution >= 4 is 28.4 Å². The molecule has 3 N–H and O–H groups in total. The molecule has 0 saturated heterocycles. The van der Waals surface area contributed by atoms with Crippen LogP contribution < -0.4 is 11.1 Å². The lowest BCUT2D eigenvalue weighted by molar-refractivity contribution is 0.0995. The zero-order valence-electron chi connectivity index (χ0n) is 13.7. The molecular formula is C19H19N3O2. The van der Waals surface area contributed by atoms with Crippen molar-refractivity contribution in [1.82, 2.24) is 4.57 Å². The first-order chi connectivity index (χ1) is 11.5. The molecule has 0 aliphatic rings. The van der Waals surface area contributed by atoms with Crippen molar-refractivity contribution in [2.24, 2.45) is 5.73 Å². The van der Waals surface area contributed by atoms with Gasteiger partial charge in [-0.2, -0.15) is 0 Å². The van der Waals surface area contributed by atoms with Crippen LogP contribution in [0.15, 0.2) is 48.7 Å². The van der Waals surface area contributed by atoms with E-state index >= 15 is 0 Å². The van der Waals surface area contributed by atoms with Gasteiger partial charge in [-0.15, -0.1) is 0 Å². The maximum Gasteiger partial charge on any atom is 0.257 e. The Morgan fingerprint density at radius 2 is 1.83 bits per heavy atom. The van der Waals surface area contributed by atoms with E-state index in [1.807, 2.05) is 42.0 Å². The Morgan fingerprint density at radius 1 is 1.08 bits per heavy atom. The number of hydrogen-bond acceptors (Lipinski definition) is 2. The van der Waals surface area contributed by atoms with Crippen LogP contribution in [-0.4, -0.2) is 16.4 Å². The summed E-state index contributed by atoms with van der Waals surface area (Å²) >= 11 is 0. The lowest BCUT2D eigenvalue weighted by Gasteiger charge is -2.10. The van der Waals surface area contributed by atoms with E-state index < -0.39 is 5.91 Å². The molecule has 24 heavy (non-hydrogen) atoms. The topological polar surface area (TPSA) is 77.1 Å². The average molecular weight is 321 g/mol. The van der Waals surface area contributed by atoms with E-state index in [-0.39, 0.29) is 5.91 Å². The van der Waals surface area contributed by atoms with Crippen molar-refractivity contribution < 1.29 is 9.59 Å². The number of nitrogens with one attached hydrogen (secondary N) is 1. The Labute approximate surface area is 140 Å². The summed E-state index contributed by atoms with van der Waals surface area (Å²) in [6.07, 6.45) is 1.85. The zero-order valence-corrected chi connectivity index (χ0v) is 13.7. The summed E-state index contributed by atoms with van der Waals surface area (Å²) in [7, 11) is 0. The highest BCUT2D eigenvalue weighted by molar-refractivity contribution is 6.13. The van der Waals surface area contributed by atoms with Gasteiger partial charge in [0.1, 0.15) is 0 Å². The molecule has 0 saturated carbocycles. The fourth-order valence-electron chi connectivity index (χ4n) is 2.92. The van der Waals surface area contributed by atoms with Crippen LogP contribution in [0.2, 0.25) is 0 Å². The standard InChI is InChI=1S/C19H19N3O2/c1-3-22-11-15(14-7-4-5-10-17(14)22)19(24)21-16-9-6-8-13(12(16)2)18(20)23/h4-11H,3H2,1-2H3,(H2,20,23)(H,21,24). The summed E-state index contributed by atoms with van der Waals surface area (Å²) in [6, 6.07) is 12.9. The summed E-state index contributed by atoms with van der Waals surface area (Å²) in [6.45, 7) is 4.59. The van der Waals surface area contributed by atoms with Crippen LogP contribution in [0.4, 0.5) is 5.69 Å². The fourth-order valence-corrected chi connectivity index (χ4v) is 2.92. The SMILES string of the molecule is CCn1cc(C(=O)Nc2cccc(C(N)=O)c2C)c2ccccc21. The predicted octanol–water partition coefficient (Wildman–Crippen LogP) is 3.32. The van der Waals surface area contributed by atoms with Gasteiger partial charge in [0.05, 0.1) is 5.56 Å². The third-order valence-corrected chi connectivity index (χ3v) is 4.22. The van der Waals surface area contributed by atoms with E-state index in [2.05, 4.69) is 5.32 Å². The Balaban J connectivity index is 2.00. The first-order valence-electron chi connectivity index (χ1n) is 7.81. The minimum Gasteiger partial charge on any atom is -0.366 e. The number of fused-ring (bicyclic) bond motifs is 1. The zero-order chi connectivity index (χ0) is 17.3. The molecule has 0 aliphatic heterocycles. The molecule has 2 aromatic carbocycles. The Morgan fingerprint density at radius 3 is 2.54 bits per heavy atom. The average Bonchev–Trinajstić information content (AvgIpc) is 2.95. The lowest BCUT2D eigenvalue weighted by Crippen LogP contribution is -2.16. The van der Waals surface area contributed by atoms with Crippen LogP contribution in [0.1, 0.15) is 33.2 Å². The van der Waals surface area contributed by atoms with E-state index in [0.29, 0.717) is 22.4 Å². The molecule has 2 amide bonds. The molecule has 0 aliphatic carbocycles. The molecular weight excluding hydrogens is 302 g/mol. The Hall–Kier alpha value is -3.08. The maximum atomic E-state index is 12.8. The lowest BCUT2D eigenvalue weighted by atomic mass is 10.1. The van der Waals surface area contributed by atoms with E-state index in [0.717, 1.165) is 17.4 Å². The van der Waals surface area contributed by atoms with Gasteiger partial charge in [0.15, 0.2) is 0 Å². The number of nitrogens with two attached hydrogens (primary N) is 1. The third kappa shape index (κ3) is 2.65. The second-order valence-electron chi connectivity index (χ2n) is 5.64. The summed E-state index contributed by atoms with van der Waals surface area (Å²) in [4.78, 5) is 24.2. The Kier molecular flexibility index (Phi) is 4.08. The van der Waals surface area contributed by atoms with Gasteiger partial charge in [-0.05, 0) is 37.6 Å². The summed E-state index contributed by atoms with van der Waals surface area (Å²) in [5, 5.41) is 3.79. The van der Waals surface area contributed by atoms with Gasteiger partial charge < -0.3 is 15.6 Å². The van der Waals surface area contributed by atoms with Crippen molar-refractivity contribution in [3.8, 4) is 0 Å². The van der Waals surface area contributed by atoms with Crippen LogP contribution in [-0.2, 0) is 6.54 Å². The number of aromatic nitrogens is 1. The van der Waals surface area contributed by atoms with E-state index in [4.69, 9.17) is 5.73 Å². The number of para-hydroxylation sites is 1. The van der Waals surface area contributed by atoms with Crippen molar-refractivity contribution in [1.29, 1.82) is 0 Å². The van der Waals surface area contributed by atoms with E-state index in [1.54, 1.807) is 25.1 Å². The number of amides is 2. The number of hydrogen-bond donors (Lipinski definition) is 2. The van der Waals surface area contributed by atoms with Gasteiger partial charge in [-0.1, -0.05) is 24.3 Å². The van der Waals surface area contributed by atoms with Crippen molar-refractivity contribution in [2.75, 3.05) is 5.32 Å². The molecule has 0 spiro atoms. The molecule has 0 unspecified atom stereocenters. The van der Waals surface area contributed by atoms with E-state index in [1.165, 1.54) is 0 Å². The summed E-state index contributed by atoms with van der Waals surface area (Å²) in [5.41, 5.74) is 8.65. The third-order valence-electron chi connectivity index (χ3n) is 4.22. The fraction of sp³-hybridized carbons (Fsp3) is 0.158. The van der Waals surface area contributed by atoms with Gasteiger partial charge in [0.2, 0.25) is 5.91 Å². The largest absolute Gasteiger partial charge is 0.366 e. The summed E-state index contributed by atoms with van der Waals surface area (Å²) < 4.78 is 2.04. The second kappa shape index (κ2) is 6.20. The number of nitrogens with zero attached hydrogens (tertiary/aromatic N) is 1. The highest BCUT2D eigenvalue weighted by atomic mass is 16.2. The molecule has 0 bridgehead atoms. The minimum absolute atomic E-state index is 0.205. The number of aryl methyl sites for hydroxylation is 1. The molecule has 3 aromatic rings. The normalized spacial score (nSPS) is 10.8. The number of benzene rings is 2. The van der Waals surface area contributed by atoms with Crippen molar-refractivity contribution in [3.63, 3.8) is 0 Å². The van der Waals surface area contributed by atoms with Crippen LogP contribution in [0.3, 0.4) is 0 Å². The minimum atomic E-state index is -0.508. The maximum absolute atomic E-state index is 12.8. The second-order valence-corrected chi connectivity index (χ2v) is 5.64. The predicted molar refractivity (Wildman–Crippen MR) is 95.3 cm³/mol. The molecule has 5 heteroatoms. The highest BCUT2D eigenvalue weighted by Gasteiger charge is 2.16. The molecule has 1 aromatic heterocycles. The number of rotatable bonds is 4. The number of carbonyl (C=O) groups excluding carboxylic acids is 2. The molecule has 3 rings (SSSR count). The Bertz CT molecular complexity index is 941. The van der Waals surface area contributed by atoms with Gasteiger partial charge in [0.25, 0.3) is 5.91 Å². The number of primary amides is 1. The molecule has 0 radical (unpaired) electrons. The van der Waals surface area contributed by atoms with Crippen LogP contribution >= 0.6 is 0 Å². The van der Waals surface area contributed by atoms with Crippen LogP contribution in [0, 0.1) is 6.92 Å². The quantitative estimate of drug-likeness (QED) is 0.773.